The molecule has 9 nitrogen and oxygen atoms in total. The summed E-state index contributed by atoms with van der Waals surface area (Å²) in [5.74, 6) is 0.121. The third kappa shape index (κ3) is 9.59. The van der Waals surface area contributed by atoms with Crippen LogP contribution in [0.2, 0.25) is 0 Å². The molecule has 0 saturated heterocycles. The van der Waals surface area contributed by atoms with Gasteiger partial charge in [0.25, 0.3) is 0 Å². The molecule has 256 valence electrons. The number of hydrogen-bond donors (Lipinski definition) is 2. The molecule has 0 aliphatic heterocycles. The van der Waals surface area contributed by atoms with E-state index in [1.165, 1.54) is 12.1 Å². The van der Waals surface area contributed by atoms with Crippen LogP contribution in [-0.4, -0.2) is 31.0 Å². The summed E-state index contributed by atoms with van der Waals surface area (Å²) in [5.41, 5.74) is 2.42. The van der Waals surface area contributed by atoms with Crippen LogP contribution < -0.4 is 15.4 Å². The first kappa shape index (κ1) is 34.9. The van der Waals surface area contributed by atoms with Gasteiger partial charge in [0.1, 0.15) is 11.8 Å². The highest BCUT2D eigenvalue weighted by Gasteiger charge is 2.31. The second-order valence-electron chi connectivity index (χ2n) is 13.1. The van der Waals surface area contributed by atoms with Gasteiger partial charge in [-0.15, -0.1) is 13.2 Å². The van der Waals surface area contributed by atoms with Crippen LogP contribution in [0.4, 0.5) is 23.7 Å². The number of urea groups is 1. The Hall–Kier alpha value is -4.39. The molecular weight excluding hydrogens is 645 g/mol. The summed E-state index contributed by atoms with van der Waals surface area (Å²) in [6.07, 6.45) is 1.13. The Morgan fingerprint density at radius 2 is 1.58 bits per heavy atom. The highest BCUT2D eigenvalue weighted by molar-refractivity contribution is 7.90. The maximum absolute atomic E-state index is 13.1. The molecule has 1 heterocycles. The smallest absolute Gasteiger partial charge is 0.406 e. The number of halogens is 3. The van der Waals surface area contributed by atoms with Gasteiger partial charge in [-0.2, -0.15) is 4.98 Å². The monoisotopic (exact) mass is 684 g/mol. The van der Waals surface area contributed by atoms with Crippen LogP contribution in [0.1, 0.15) is 82.4 Å². The van der Waals surface area contributed by atoms with Crippen molar-refractivity contribution in [3.8, 4) is 17.1 Å². The Morgan fingerprint density at radius 1 is 0.938 bits per heavy atom. The third-order valence-electron chi connectivity index (χ3n) is 8.33. The van der Waals surface area contributed by atoms with E-state index in [4.69, 9.17) is 4.52 Å². The molecule has 13 heteroatoms. The lowest BCUT2D eigenvalue weighted by molar-refractivity contribution is -0.274. The lowest BCUT2D eigenvalue weighted by Crippen LogP contribution is -2.34. The molecule has 1 fully saturated rings. The molecule has 0 spiro atoms. The number of ether oxygens (including phenoxy) is 1. The molecule has 4 aromatic rings. The molecule has 2 amide bonds. The average Bonchev–Trinajstić information content (AvgIpc) is 3.52. The largest absolute Gasteiger partial charge is 0.573 e. The van der Waals surface area contributed by atoms with Crippen molar-refractivity contribution in [2.75, 3.05) is 5.32 Å². The van der Waals surface area contributed by atoms with Crippen LogP contribution in [0.25, 0.3) is 11.4 Å². The minimum absolute atomic E-state index is 0.0878. The van der Waals surface area contributed by atoms with E-state index in [0.717, 1.165) is 49.8 Å². The van der Waals surface area contributed by atoms with Gasteiger partial charge in [0.15, 0.2) is 9.84 Å². The number of alkyl halides is 3. The van der Waals surface area contributed by atoms with E-state index >= 15 is 0 Å². The second-order valence-corrected chi connectivity index (χ2v) is 15.1. The van der Waals surface area contributed by atoms with Crippen LogP contribution in [-0.2, 0) is 21.0 Å². The van der Waals surface area contributed by atoms with E-state index < -0.39 is 28.3 Å². The Labute approximate surface area is 278 Å². The molecule has 0 bridgehead atoms. The van der Waals surface area contributed by atoms with Crippen LogP contribution >= 0.6 is 0 Å². The fourth-order valence-electron chi connectivity index (χ4n) is 5.75. The van der Waals surface area contributed by atoms with E-state index in [2.05, 4.69) is 46.3 Å². The highest BCUT2D eigenvalue weighted by Crippen LogP contribution is 2.33. The van der Waals surface area contributed by atoms with Gasteiger partial charge in [-0.3, -0.25) is 0 Å². The normalized spacial score (nSPS) is 15.1. The second kappa shape index (κ2) is 14.4. The van der Waals surface area contributed by atoms with Crippen molar-refractivity contribution in [2.24, 2.45) is 5.92 Å². The average molecular weight is 685 g/mol. The van der Waals surface area contributed by atoms with Gasteiger partial charge in [0.2, 0.25) is 11.7 Å². The Balaban J connectivity index is 1.24. The summed E-state index contributed by atoms with van der Waals surface area (Å²) in [5, 5.41) is 9.72. The number of amides is 2. The number of sulfone groups is 1. The van der Waals surface area contributed by atoms with Crippen molar-refractivity contribution >= 4 is 21.6 Å². The fourth-order valence-corrected chi connectivity index (χ4v) is 7.10. The van der Waals surface area contributed by atoms with Crippen molar-refractivity contribution in [2.45, 2.75) is 87.8 Å². The van der Waals surface area contributed by atoms with Gasteiger partial charge < -0.3 is 19.9 Å². The molecule has 1 aliphatic carbocycles. The minimum Gasteiger partial charge on any atom is -0.406 e. The first-order chi connectivity index (χ1) is 22.6. The number of benzene rings is 3. The van der Waals surface area contributed by atoms with Gasteiger partial charge >= 0.3 is 12.4 Å². The van der Waals surface area contributed by atoms with Gasteiger partial charge in [-0.05, 0) is 77.4 Å². The Bertz CT molecular complexity index is 1780. The van der Waals surface area contributed by atoms with Crippen molar-refractivity contribution in [1.82, 2.24) is 15.5 Å². The van der Waals surface area contributed by atoms with Crippen molar-refractivity contribution in [3.63, 3.8) is 0 Å². The number of aromatic nitrogens is 2. The molecule has 1 saturated carbocycles. The Morgan fingerprint density at radius 3 is 2.19 bits per heavy atom. The molecule has 5 rings (SSSR count). The maximum atomic E-state index is 13.1. The summed E-state index contributed by atoms with van der Waals surface area (Å²) in [7, 11) is -3.57. The van der Waals surface area contributed by atoms with Crippen molar-refractivity contribution in [3.05, 3.63) is 89.8 Å². The van der Waals surface area contributed by atoms with Crippen LogP contribution in [0.5, 0.6) is 5.75 Å². The van der Waals surface area contributed by atoms with Gasteiger partial charge in [0, 0.05) is 11.3 Å². The predicted octanol–water partition coefficient (Wildman–Crippen LogP) is 8.74. The van der Waals surface area contributed by atoms with Crippen LogP contribution in [0.3, 0.4) is 0 Å². The maximum Gasteiger partial charge on any atom is 0.573 e. The summed E-state index contributed by atoms with van der Waals surface area (Å²) in [4.78, 5) is 17.9. The molecule has 48 heavy (non-hydrogen) atoms. The SMILES string of the molecule is CC(C)(C)c1ccc(S(=O)(=O)Cc2ccc(NC(=O)N[C@H](CC3CCCCC3)c3nc(-c4ccc(OC(F)(F)F)cc4)no3)cc2)cc1. The quantitative estimate of drug-likeness (QED) is 0.171. The molecule has 1 atom stereocenters. The standard InChI is InChI=1S/C35H39F3N4O5S/c1-34(2,3)26-13-19-29(20-14-26)48(44,45)22-24-9-15-27(16-10-24)39-33(43)40-30(21-23-7-5-4-6-8-23)32-41-31(42-47-32)25-11-17-28(18-12-25)46-35(36,37)38/h9-20,23,30H,4-8,21-22H2,1-3H3,(H2,39,40,43)/t30-/m1/s1. The number of nitrogens with one attached hydrogen (secondary N) is 2. The van der Waals surface area contributed by atoms with E-state index in [9.17, 15) is 26.4 Å². The molecule has 3 aromatic carbocycles. The topological polar surface area (TPSA) is 123 Å². The van der Waals surface area contributed by atoms with E-state index in [1.54, 1.807) is 36.4 Å². The van der Waals surface area contributed by atoms with E-state index in [0.29, 0.717) is 29.2 Å². The van der Waals surface area contributed by atoms with E-state index in [1.807, 2.05) is 12.1 Å². The molecule has 1 aromatic heterocycles. The van der Waals surface area contributed by atoms with Crippen molar-refractivity contribution in [1.29, 1.82) is 0 Å². The molecular formula is C35H39F3N4O5S. The lowest BCUT2D eigenvalue weighted by atomic mass is 9.85. The Kier molecular flexibility index (Phi) is 10.5. The summed E-state index contributed by atoms with van der Waals surface area (Å²) < 4.78 is 73.2. The predicted molar refractivity (Wildman–Crippen MR) is 175 cm³/mol. The number of anilines is 1. The highest BCUT2D eigenvalue weighted by atomic mass is 32.2. The number of hydrogen-bond acceptors (Lipinski definition) is 7. The third-order valence-corrected chi connectivity index (χ3v) is 10.0. The first-order valence-corrected chi connectivity index (χ1v) is 17.5. The van der Waals surface area contributed by atoms with Crippen molar-refractivity contribution < 1.29 is 35.6 Å². The fraction of sp³-hybridized carbons (Fsp3) is 0.400. The van der Waals surface area contributed by atoms with Gasteiger partial charge in [0.05, 0.1) is 10.6 Å². The minimum atomic E-state index is -4.80. The van der Waals surface area contributed by atoms with Crippen LogP contribution in [0.15, 0.2) is 82.2 Å². The van der Waals surface area contributed by atoms with E-state index in [-0.39, 0.29) is 33.5 Å². The molecule has 1 aliphatic rings. The zero-order valence-corrected chi connectivity index (χ0v) is 27.8. The van der Waals surface area contributed by atoms with Crippen LogP contribution in [0, 0.1) is 5.92 Å². The zero-order chi connectivity index (χ0) is 34.5. The summed E-state index contributed by atoms with van der Waals surface area (Å²) in [6.45, 7) is 6.20. The number of carbonyl (C=O) groups excluding carboxylic acids is 1. The lowest BCUT2D eigenvalue weighted by Gasteiger charge is -2.25. The summed E-state index contributed by atoms with van der Waals surface area (Å²) >= 11 is 0. The van der Waals surface area contributed by atoms with Gasteiger partial charge in [-0.1, -0.05) is 82.3 Å². The molecule has 2 N–H and O–H groups in total. The zero-order valence-electron chi connectivity index (χ0n) is 27.0. The first-order valence-electron chi connectivity index (χ1n) is 15.8. The number of nitrogens with zero attached hydrogens (tertiary/aromatic N) is 2. The summed E-state index contributed by atoms with van der Waals surface area (Å²) in [6, 6.07) is 17.5. The number of rotatable bonds is 10. The molecule has 0 unspecified atom stereocenters. The molecule has 0 radical (unpaired) electrons. The van der Waals surface area contributed by atoms with Gasteiger partial charge in [-0.25, -0.2) is 13.2 Å². The number of carbonyl (C=O) groups is 1.